The molecule has 1 rings (SSSR count). The van der Waals surface area contributed by atoms with Crippen LogP contribution in [0.2, 0.25) is 0 Å². The molecule has 0 aromatic heterocycles. The fraction of sp³-hybridized carbons (Fsp3) is 0.111. The predicted octanol–water partition coefficient (Wildman–Crippen LogP) is 0.261. The van der Waals surface area contributed by atoms with Crippen molar-refractivity contribution in [1.29, 1.82) is 0 Å². The van der Waals surface area contributed by atoms with E-state index in [1.54, 1.807) is 18.2 Å². The number of carboxylic acids is 1. The molecule has 1 aromatic carbocycles. The van der Waals surface area contributed by atoms with Crippen molar-refractivity contribution in [3.63, 3.8) is 0 Å². The van der Waals surface area contributed by atoms with Crippen LogP contribution in [0.1, 0.15) is 17.3 Å². The van der Waals surface area contributed by atoms with Crippen LogP contribution in [0, 0.1) is 0 Å². The van der Waals surface area contributed by atoms with E-state index in [1.165, 1.54) is 13.0 Å². The topological polar surface area (TPSA) is 54.4 Å². The molecule has 4 heteroatoms. The molecular weight excluding hydrogens is 235 g/mol. The molecule has 0 saturated heterocycles. The van der Waals surface area contributed by atoms with Crippen molar-refractivity contribution in [2.45, 2.75) is 6.92 Å². The number of benzene rings is 1. The first-order valence-corrected chi connectivity index (χ1v) is 5.33. The average molecular weight is 243 g/mol. The summed E-state index contributed by atoms with van der Waals surface area (Å²) in [6.07, 6.45) is 0. The van der Waals surface area contributed by atoms with Crippen LogP contribution in [-0.4, -0.2) is 30.7 Å². The van der Waals surface area contributed by atoms with Crippen LogP contribution in [0.4, 0.5) is 0 Å². The van der Waals surface area contributed by atoms with E-state index in [9.17, 15) is 9.59 Å². The first kappa shape index (κ1) is 9.96. The van der Waals surface area contributed by atoms with Crippen LogP contribution >= 0.6 is 0 Å². The van der Waals surface area contributed by atoms with Crippen molar-refractivity contribution >= 4 is 30.1 Å². The Morgan fingerprint density at radius 3 is 2.46 bits per heavy atom. The summed E-state index contributed by atoms with van der Waals surface area (Å²) in [7, 11) is 0. The van der Waals surface area contributed by atoms with Gasteiger partial charge in [0, 0.05) is 0 Å². The molecule has 0 aliphatic carbocycles. The van der Waals surface area contributed by atoms with Gasteiger partial charge in [0.05, 0.1) is 0 Å². The molecule has 0 spiro atoms. The minimum absolute atomic E-state index is 0.0289. The summed E-state index contributed by atoms with van der Waals surface area (Å²) in [5.41, 5.74) is 0.234. The molecule has 1 aromatic rings. The third-order valence-electron chi connectivity index (χ3n) is 1.37. The Bertz CT molecular complexity index is 346. The molecule has 0 heterocycles. The quantitative estimate of drug-likeness (QED) is 0.775. The minimum atomic E-state index is -0.973. The monoisotopic (exact) mass is 244 g/mol. The summed E-state index contributed by atoms with van der Waals surface area (Å²) < 4.78 is 0.663. The Morgan fingerprint density at radius 1 is 1.31 bits per heavy atom. The number of carbonyl (C=O) groups excluding carboxylic acids is 1. The first-order valence-electron chi connectivity index (χ1n) is 3.62. The molecule has 0 aliphatic heterocycles. The second-order valence-electron chi connectivity index (χ2n) is 2.39. The Morgan fingerprint density at radius 2 is 1.92 bits per heavy atom. The van der Waals surface area contributed by atoms with Crippen molar-refractivity contribution in [3.8, 4) is 0 Å². The Labute approximate surface area is 81.9 Å². The summed E-state index contributed by atoms with van der Waals surface area (Å²) in [5, 5.41) is 8.78. The molecule has 0 atom stereocenters. The van der Waals surface area contributed by atoms with Crippen molar-refractivity contribution in [2.24, 2.45) is 0 Å². The van der Waals surface area contributed by atoms with Gasteiger partial charge in [0.15, 0.2) is 0 Å². The third kappa shape index (κ3) is 2.68. The van der Waals surface area contributed by atoms with Gasteiger partial charge in [-0.05, 0) is 0 Å². The Balaban J connectivity index is 3.04. The second-order valence-corrected chi connectivity index (χ2v) is 4.95. The molecular formula is C9H8O3Se. The van der Waals surface area contributed by atoms with E-state index < -0.39 is 5.97 Å². The standard InChI is InChI=1S/C9H8O3Se/c1-6(10)13-8-5-3-2-4-7(8)9(11)12/h2-5H,1H3,(H,11,12). The zero-order chi connectivity index (χ0) is 9.84. The second kappa shape index (κ2) is 4.21. The van der Waals surface area contributed by atoms with Crippen LogP contribution in [0.25, 0.3) is 0 Å². The number of aromatic carboxylic acids is 1. The first-order chi connectivity index (χ1) is 6.11. The van der Waals surface area contributed by atoms with E-state index >= 15 is 0 Å². The third-order valence-corrected chi connectivity index (χ3v) is 3.18. The zero-order valence-corrected chi connectivity index (χ0v) is 8.69. The molecule has 0 radical (unpaired) electrons. The number of hydrogen-bond donors (Lipinski definition) is 1. The van der Waals surface area contributed by atoms with E-state index in [-0.39, 0.29) is 25.2 Å². The van der Waals surface area contributed by atoms with E-state index in [1.807, 2.05) is 0 Å². The maximum atomic E-state index is 10.8. The van der Waals surface area contributed by atoms with Crippen LogP contribution in [0.3, 0.4) is 0 Å². The fourth-order valence-corrected chi connectivity index (χ4v) is 2.40. The fourth-order valence-electron chi connectivity index (χ4n) is 0.887. The molecule has 0 amide bonds. The summed E-state index contributed by atoms with van der Waals surface area (Å²) in [6.45, 7) is 1.47. The summed E-state index contributed by atoms with van der Waals surface area (Å²) in [5.74, 6) is -0.973. The van der Waals surface area contributed by atoms with Crippen LogP contribution < -0.4 is 4.46 Å². The summed E-state index contributed by atoms with van der Waals surface area (Å²) in [4.78, 5) is 21.5. The van der Waals surface area contributed by atoms with Gasteiger partial charge in [-0.25, -0.2) is 0 Å². The van der Waals surface area contributed by atoms with Crippen molar-refractivity contribution < 1.29 is 14.7 Å². The normalized spacial score (nSPS) is 9.62. The maximum absolute atomic E-state index is 10.8. The van der Waals surface area contributed by atoms with Gasteiger partial charge in [-0.2, -0.15) is 0 Å². The van der Waals surface area contributed by atoms with Gasteiger partial charge < -0.3 is 0 Å². The number of hydrogen-bond acceptors (Lipinski definition) is 2. The number of carbonyl (C=O) groups is 2. The van der Waals surface area contributed by atoms with Gasteiger partial charge in [0.25, 0.3) is 0 Å². The molecule has 3 nitrogen and oxygen atoms in total. The van der Waals surface area contributed by atoms with E-state index in [2.05, 4.69) is 0 Å². The van der Waals surface area contributed by atoms with Crippen molar-refractivity contribution in [1.82, 2.24) is 0 Å². The van der Waals surface area contributed by atoms with Crippen molar-refractivity contribution in [3.05, 3.63) is 29.8 Å². The van der Waals surface area contributed by atoms with Gasteiger partial charge in [-0.3, -0.25) is 0 Å². The zero-order valence-electron chi connectivity index (χ0n) is 6.98. The summed E-state index contributed by atoms with van der Waals surface area (Å²) >= 11 is -0.380. The molecule has 0 saturated carbocycles. The van der Waals surface area contributed by atoms with Gasteiger partial charge >= 0.3 is 81.5 Å². The van der Waals surface area contributed by atoms with Crippen LogP contribution in [0.15, 0.2) is 24.3 Å². The molecule has 0 bridgehead atoms. The Hall–Kier alpha value is -1.12. The molecule has 68 valence electrons. The van der Waals surface area contributed by atoms with Gasteiger partial charge in [0.2, 0.25) is 0 Å². The van der Waals surface area contributed by atoms with Crippen LogP contribution in [0.5, 0.6) is 0 Å². The number of carboxylic acid groups (broad SMARTS) is 1. The van der Waals surface area contributed by atoms with Gasteiger partial charge in [0.1, 0.15) is 0 Å². The van der Waals surface area contributed by atoms with E-state index in [0.29, 0.717) is 4.46 Å². The average Bonchev–Trinajstić information content (AvgIpc) is 2.03. The molecule has 0 fully saturated rings. The van der Waals surface area contributed by atoms with Crippen LogP contribution in [-0.2, 0) is 4.79 Å². The predicted molar refractivity (Wildman–Crippen MR) is 49.5 cm³/mol. The van der Waals surface area contributed by atoms with Gasteiger partial charge in [-0.15, -0.1) is 0 Å². The van der Waals surface area contributed by atoms with Gasteiger partial charge in [-0.1, -0.05) is 0 Å². The molecule has 0 aliphatic rings. The SMILES string of the molecule is CC(=O)[Se]c1ccccc1C(=O)O. The molecule has 0 unspecified atom stereocenters. The number of rotatable bonds is 3. The molecule has 13 heavy (non-hydrogen) atoms. The summed E-state index contributed by atoms with van der Waals surface area (Å²) in [6, 6.07) is 6.60. The van der Waals surface area contributed by atoms with E-state index in [0.717, 1.165) is 0 Å². The Kier molecular flexibility index (Phi) is 3.23. The molecule has 1 N–H and O–H groups in total. The van der Waals surface area contributed by atoms with Crippen molar-refractivity contribution in [2.75, 3.05) is 0 Å². The van der Waals surface area contributed by atoms with E-state index in [4.69, 9.17) is 5.11 Å².